The minimum Gasteiger partial charge on any atom is -0.481 e. The number of benzene rings is 1. The van der Waals surface area contributed by atoms with Gasteiger partial charge < -0.3 is 10.4 Å². The highest BCUT2D eigenvalue weighted by Crippen LogP contribution is 2.61. The number of hydrogen-bond donors (Lipinski definition) is 2. The molecule has 1 amide bonds. The Bertz CT molecular complexity index is 641. The summed E-state index contributed by atoms with van der Waals surface area (Å²) in [7, 11) is 0. The molecule has 2 saturated carbocycles. The van der Waals surface area contributed by atoms with Crippen molar-refractivity contribution in [3.63, 3.8) is 0 Å². The molecule has 22 heavy (non-hydrogen) atoms. The molecule has 0 saturated heterocycles. The Morgan fingerprint density at radius 1 is 1.23 bits per heavy atom. The summed E-state index contributed by atoms with van der Waals surface area (Å²) in [6.45, 7) is 0. The van der Waals surface area contributed by atoms with E-state index in [1.54, 1.807) is 0 Å². The predicted octanol–water partition coefficient (Wildman–Crippen LogP) is 2.26. The third-order valence-corrected chi connectivity index (χ3v) is 5.95. The smallest absolute Gasteiger partial charge is 0.308 e. The normalized spacial score (nSPS) is 35.4. The van der Waals surface area contributed by atoms with E-state index >= 15 is 0 Å². The van der Waals surface area contributed by atoms with Crippen LogP contribution in [-0.2, 0) is 21.4 Å². The number of amides is 1. The zero-order chi connectivity index (χ0) is 15.3. The SMILES string of the molecule is O=C(N[C@H]1CCC[C@H]1C(=O)O)C1CC12CCc1ccccc12. The van der Waals surface area contributed by atoms with Gasteiger partial charge in [0.15, 0.2) is 0 Å². The third kappa shape index (κ3) is 1.97. The fourth-order valence-electron chi connectivity index (χ4n) is 4.65. The van der Waals surface area contributed by atoms with Gasteiger partial charge in [0.05, 0.1) is 5.92 Å². The molecule has 4 nitrogen and oxygen atoms in total. The van der Waals surface area contributed by atoms with Crippen molar-refractivity contribution in [1.82, 2.24) is 5.32 Å². The zero-order valence-electron chi connectivity index (χ0n) is 12.5. The Balaban J connectivity index is 1.47. The standard InChI is InChI=1S/C18H21NO3/c20-16(19-15-7-3-5-12(15)17(21)22)14-10-18(14)9-8-11-4-1-2-6-13(11)18/h1-2,4,6,12,14-15H,3,5,7-10H2,(H,19,20)(H,21,22)/t12-,14?,15+,18?/m1/s1. The molecule has 3 aliphatic rings. The average Bonchev–Trinajstić information content (AvgIpc) is 2.86. The van der Waals surface area contributed by atoms with Crippen molar-refractivity contribution >= 4 is 11.9 Å². The number of rotatable bonds is 3. The lowest BCUT2D eigenvalue weighted by Gasteiger charge is -2.19. The third-order valence-electron chi connectivity index (χ3n) is 5.95. The Kier molecular flexibility index (Phi) is 3.03. The average molecular weight is 299 g/mol. The maximum atomic E-state index is 12.6. The summed E-state index contributed by atoms with van der Waals surface area (Å²) in [5.74, 6) is -1.09. The van der Waals surface area contributed by atoms with Crippen molar-refractivity contribution in [2.24, 2.45) is 11.8 Å². The lowest BCUT2D eigenvalue weighted by Crippen LogP contribution is -2.41. The maximum absolute atomic E-state index is 12.6. The van der Waals surface area contributed by atoms with Gasteiger partial charge in [-0.15, -0.1) is 0 Å². The molecular formula is C18H21NO3. The number of hydrogen-bond acceptors (Lipinski definition) is 2. The summed E-state index contributed by atoms with van der Waals surface area (Å²) in [6, 6.07) is 8.25. The Morgan fingerprint density at radius 3 is 2.86 bits per heavy atom. The van der Waals surface area contributed by atoms with Crippen LogP contribution >= 0.6 is 0 Å². The first-order valence-electron chi connectivity index (χ1n) is 8.23. The predicted molar refractivity (Wildman–Crippen MR) is 81.5 cm³/mol. The monoisotopic (exact) mass is 299 g/mol. The number of carbonyl (C=O) groups excluding carboxylic acids is 1. The molecule has 0 heterocycles. The van der Waals surface area contributed by atoms with E-state index in [1.165, 1.54) is 11.1 Å². The van der Waals surface area contributed by atoms with E-state index in [-0.39, 0.29) is 23.3 Å². The first-order chi connectivity index (χ1) is 10.6. The van der Waals surface area contributed by atoms with Crippen molar-refractivity contribution < 1.29 is 14.7 Å². The molecule has 2 N–H and O–H groups in total. The van der Waals surface area contributed by atoms with Gasteiger partial charge in [-0.2, -0.15) is 0 Å². The van der Waals surface area contributed by atoms with Gasteiger partial charge in [-0.05, 0) is 43.2 Å². The van der Waals surface area contributed by atoms with Gasteiger partial charge in [0, 0.05) is 17.4 Å². The molecule has 0 aliphatic heterocycles. The lowest BCUT2D eigenvalue weighted by molar-refractivity contribution is -0.142. The van der Waals surface area contributed by atoms with Crippen LogP contribution in [0, 0.1) is 11.8 Å². The summed E-state index contributed by atoms with van der Waals surface area (Å²) < 4.78 is 0. The molecule has 4 atom stereocenters. The van der Waals surface area contributed by atoms with E-state index in [2.05, 4.69) is 29.6 Å². The van der Waals surface area contributed by atoms with E-state index < -0.39 is 11.9 Å². The quantitative estimate of drug-likeness (QED) is 0.899. The van der Waals surface area contributed by atoms with E-state index in [9.17, 15) is 14.7 Å². The molecule has 0 radical (unpaired) electrons. The number of carboxylic acid groups (broad SMARTS) is 1. The van der Waals surface area contributed by atoms with Crippen LogP contribution in [0.2, 0.25) is 0 Å². The number of aryl methyl sites for hydroxylation is 1. The van der Waals surface area contributed by atoms with Gasteiger partial charge in [-0.3, -0.25) is 9.59 Å². The minimum absolute atomic E-state index is 0.0335. The van der Waals surface area contributed by atoms with Crippen LogP contribution in [0.5, 0.6) is 0 Å². The summed E-state index contributed by atoms with van der Waals surface area (Å²) in [5, 5.41) is 12.3. The van der Waals surface area contributed by atoms with Gasteiger partial charge in [-0.25, -0.2) is 0 Å². The summed E-state index contributed by atoms with van der Waals surface area (Å²) >= 11 is 0. The number of fused-ring (bicyclic) bond motifs is 2. The Morgan fingerprint density at radius 2 is 2.05 bits per heavy atom. The van der Waals surface area contributed by atoms with Crippen LogP contribution < -0.4 is 5.32 Å². The number of carboxylic acids is 1. The summed E-state index contributed by atoms with van der Waals surface area (Å²) in [6.07, 6.45) is 5.39. The molecule has 2 unspecified atom stereocenters. The molecule has 1 spiro atoms. The summed E-state index contributed by atoms with van der Waals surface area (Å²) in [4.78, 5) is 23.8. The van der Waals surface area contributed by atoms with Crippen LogP contribution in [0.1, 0.15) is 43.2 Å². The molecule has 4 heteroatoms. The van der Waals surface area contributed by atoms with Crippen LogP contribution in [0.15, 0.2) is 24.3 Å². The Hall–Kier alpha value is -1.84. The zero-order valence-corrected chi connectivity index (χ0v) is 12.5. The van der Waals surface area contributed by atoms with Crippen molar-refractivity contribution in [3.8, 4) is 0 Å². The van der Waals surface area contributed by atoms with Crippen LogP contribution in [0.3, 0.4) is 0 Å². The maximum Gasteiger partial charge on any atom is 0.308 e. The van der Waals surface area contributed by atoms with E-state index in [0.29, 0.717) is 6.42 Å². The first-order valence-corrected chi connectivity index (χ1v) is 8.23. The fourth-order valence-corrected chi connectivity index (χ4v) is 4.65. The van der Waals surface area contributed by atoms with Gasteiger partial charge in [0.2, 0.25) is 5.91 Å². The molecule has 4 rings (SSSR count). The van der Waals surface area contributed by atoms with Crippen molar-refractivity contribution in [1.29, 1.82) is 0 Å². The van der Waals surface area contributed by atoms with Gasteiger partial charge >= 0.3 is 5.97 Å². The molecule has 0 bridgehead atoms. The molecular weight excluding hydrogens is 278 g/mol. The van der Waals surface area contributed by atoms with Crippen LogP contribution in [0.25, 0.3) is 0 Å². The second-order valence-electron chi connectivity index (χ2n) is 7.06. The number of nitrogens with one attached hydrogen (secondary N) is 1. The van der Waals surface area contributed by atoms with Crippen LogP contribution in [0.4, 0.5) is 0 Å². The van der Waals surface area contributed by atoms with E-state index in [4.69, 9.17) is 0 Å². The molecule has 1 aromatic carbocycles. The molecule has 1 aromatic rings. The van der Waals surface area contributed by atoms with E-state index in [0.717, 1.165) is 32.1 Å². The molecule has 116 valence electrons. The summed E-state index contributed by atoms with van der Waals surface area (Å²) in [5.41, 5.74) is 2.76. The molecule has 0 aromatic heterocycles. The second kappa shape index (κ2) is 4.83. The van der Waals surface area contributed by atoms with Crippen LogP contribution in [-0.4, -0.2) is 23.0 Å². The second-order valence-corrected chi connectivity index (χ2v) is 7.06. The van der Waals surface area contributed by atoms with Gasteiger partial charge in [-0.1, -0.05) is 30.7 Å². The fraction of sp³-hybridized carbons (Fsp3) is 0.556. The molecule has 2 fully saturated rings. The minimum atomic E-state index is -0.778. The molecule has 3 aliphatic carbocycles. The first kappa shape index (κ1) is 13.8. The number of carbonyl (C=O) groups is 2. The van der Waals surface area contributed by atoms with Crippen molar-refractivity contribution in [2.75, 3.05) is 0 Å². The highest BCUT2D eigenvalue weighted by atomic mass is 16.4. The van der Waals surface area contributed by atoms with E-state index in [1.807, 2.05) is 0 Å². The largest absolute Gasteiger partial charge is 0.481 e. The topological polar surface area (TPSA) is 66.4 Å². The van der Waals surface area contributed by atoms with Crippen molar-refractivity contribution in [3.05, 3.63) is 35.4 Å². The Labute approximate surface area is 129 Å². The highest BCUT2D eigenvalue weighted by molar-refractivity contribution is 5.86. The number of aliphatic carboxylic acids is 1. The van der Waals surface area contributed by atoms with Gasteiger partial charge in [0.1, 0.15) is 0 Å². The van der Waals surface area contributed by atoms with Crippen molar-refractivity contribution in [2.45, 2.75) is 50.0 Å². The van der Waals surface area contributed by atoms with Gasteiger partial charge in [0.25, 0.3) is 0 Å². The lowest BCUT2D eigenvalue weighted by atomic mass is 9.95. The highest BCUT2D eigenvalue weighted by Gasteiger charge is 2.61.